The average molecular weight is 493 g/mol. The van der Waals surface area contributed by atoms with E-state index in [1.165, 1.54) is 25.3 Å². The van der Waals surface area contributed by atoms with Crippen molar-refractivity contribution in [3.8, 4) is 17.2 Å². The lowest BCUT2D eigenvalue weighted by atomic mass is 10.2. The third kappa shape index (κ3) is 6.32. The van der Waals surface area contributed by atoms with Crippen molar-refractivity contribution in [2.75, 3.05) is 50.0 Å². The average Bonchev–Trinajstić information content (AvgIpc) is 2.75. The number of nitrogens with one attached hydrogen (secondary N) is 1. The SMILES string of the molecule is COc1ccc(S(=O)(=O)Nc2ccc(OC(F)F)c(OC(F)F)c2)cc1N1CCN(C)CC1. The molecule has 1 saturated heterocycles. The van der Waals surface area contributed by atoms with Crippen molar-refractivity contribution in [3.05, 3.63) is 36.4 Å². The normalized spacial score (nSPS) is 15.1. The molecule has 1 fully saturated rings. The van der Waals surface area contributed by atoms with Gasteiger partial charge >= 0.3 is 13.2 Å². The number of methoxy groups -OCH3 is 1. The summed E-state index contributed by atoms with van der Waals surface area (Å²) < 4.78 is 92.2. The summed E-state index contributed by atoms with van der Waals surface area (Å²) in [7, 11) is -0.696. The number of hydrogen-bond donors (Lipinski definition) is 1. The zero-order chi connectivity index (χ0) is 24.2. The fourth-order valence-corrected chi connectivity index (χ4v) is 4.37. The Morgan fingerprint density at radius 2 is 1.48 bits per heavy atom. The van der Waals surface area contributed by atoms with Gasteiger partial charge in [-0.05, 0) is 37.4 Å². The fraction of sp³-hybridized carbons (Fsp3) is 0.400. The zero-order valence-corrected chi connectivity index (χ0v) is 18.6. The van der Waals surface area contributed by atoms with Crippen LogP contribution < -0.4 is 23.8 Å². The third-order valence-corrected chi connectivity index (χ3v) is 6.31. The first-order valence-corrected chi connectivity index (χ1v) is 11.3. The van der Waals surface area contributed by atoms with Crippen LogP contribution in [0.15, 0.2) is 41.3 Å². The van der Waals surface area contributed by atoms with Gasteiger partial charge < -0.3 is 24.0 Å². The van der Waals surface area contributed by atoms with Crippen LogP contribution in [-0.2, 0) is 10.0 Å². The van der Waals surface area contributed by atoms with Crippen LogP contribution >= 0.6 is 0 Å². The number of rotatable bonds is 9. The highest BCUT2D eigenvalue weighted by Crippen LogP contribution is 2.35. The number of nitrogens with zero attached hydrogens (tertiary/aromatic N) is 2. The first-order chi connectivity index (χ1) is 15.6. The monoisotopic (exact) mass is 493 g/mol. The van der Waals surface area contributed by atoms with Gasteiger partial charge in [0.1, 0.15) is 5.75 Å². The molecular weight excluding hydrogens is 470 g/mol. The molecule has 0 amide bonds. The molecule has 1 aliphatic heterocycles. The van der Waals surface area contributed by atoms with E-state index in [1.54, 1.807) is 0 Å². The molecule has 8 nitrogen and oxygen atoms in total. The Labute approximate surface area is 188 Å². The van der Waals surface area contributed by atoms with Gasteiger partial charge in [0.15, 0.2) is 11.5 Å². The fourth-order valence-electron chi connectivity index (χ4n) is 3.30. The molecular formula is C20H23F4N3O5S. The Morgan fingerprint density at radius 1 is 0.879 bits per heavy atom. The summed E-state index contributed by atoms with van der Waals surface area (Å²) in [5.74, 6) is -0.895. The molecule has 0 aliphatic carbocycles. The molecule has 0 bridgehead atoms. The van der Waals surface area contributed by atoms with E-state index >= 15 is 0 Å². The van der Waals surface area contributed by atoms with Gasteiger partial charge in [0.05, 0.1) is 23.4 Å². The highest BCUT2D eigenvalue weighted by Gasteiger charge is 2.23. The largest absolute Gasteiger partial charge is 0.495 e. The molecule has 0 spiro atoms. The van der Waals surface area contributed by atoms with Crippen molar-refractivity contribution < 1.29 is 40.2 Å². The molecule has 3 rings (SSSR count). The lowest BCUT2D eigenvalue weighted by Crippen LogP contribution is -2.44. The molecule has 13 heteroatoms. The lowest BCUT2D eigenvalue weighted by Gasteiger charge is -2.34. The van der Waals surface area contributed by atoms with Crippen LogP contribution in [0.5, 0.6) is 17.2 Å². The minimum Gasteiger partial charge on any atom is -0.495 e. The first kappa shape index (κ1) is 24.7. The van der Waals surface area contributed by atoms with E-state index in [4.69, 9.17) is 4.74 Å². The predicted molar refractivity (Wildman–Crippen MR) is 113 cm³/mol. The maximum Gasteiger partial charge on any atom is 0.387 e. The summed E-state index contributed by atoms with van der Waals surface area (Å²) in [6.07, 6.45) is 0. The summed E-state index contributed by atoms with van der Waals surface area (Å²) in [5.41, 5.74) is 0.417. The quantitative estimate of drug-likeness (QED) is 0.536. The number of benzene rings is 2. The standard InChI is InChI=1S/C20H23F4N3O5S/c1-26-7-9-27(10-8-26)15-12-14(4-6-16(15)30-2)33(28,29)25-13-3-5-17(31-19(21)22)18(11-13)32-20(23)24/h3-6,11-12,19-20,25H,7-10H2,1-2H3. The van der Waals surface area contributed by atoms with E-state index in [1.807, 2.05) is 11.9 Å². The van der Waals surface area contributed by atoms with Crippen LogP contribution in [0.2, 0.25) is 0 Å². The highest BCUT2D eigenvalue weighted by molar-refractivity contribution is 7.92. The van der Waals surface area contributed by atoms with Crippen LogP contribution in [0.25, 0.3) is 0 Å². The van der Waals surface area contributed by atoms with Gasteiger partial charge in [0, 0.05) is 32.2 Å². The minimum absolute atomic E-state index is 0.0959. The van der Waals surface area contributed by atoms with Gasteiger partial charge in [-0.2, -0.15) is 17.6 Å². The van der Waals surface area contributed by atoms with Crippen molar-refractivity contribution in [2.45, 2.75) is 18.1 Å². The number of likely N-dealkylation sites (N-methyl/N-ethyl adjacent to an activating group) is 1. The molecule has 0 atom stereocenters. The number of piperazine rings is 1. The van der Waals surface area contributed by atoms with Crippen molar-refractivity contribution in [2.24, 2.45) is 0 Å². The summed E-state index contributed by atoms with van der Waals surface area (Å²) >= 11 is 0. The highest BCUT2D eigenvalue weighted by atomic mass is 32.2. The smallest absolute Gasteiger partial charge is 0.387 e. The Balaban J connectivity index is 1.89. The van der Waals surface area contributed by atoms with Crippen LogP contribution in [-0.4, -0.2) is 66.9 Å². The van der Waals surface area contributed by atoms with E-state index in [0.717, 1.165) is 31.3 Å². The topological polar surface area (TPSA) is 80.3 Å². The number of sulfonamides is 1. The number of anilines is 2. The molecule has 1 heterocycles. The van der Waals surface area contributed by atoms with Gasteiger partial charge in [-0.1, -0.05) is 0 Å². The number of halogens is 4. The van der Waals surface area contributed by atoms with E-state index in [-0.39, 0.29) is 10.6 Å². The van der Waals surface area contributed by atoms with Crippen molar-refractivity contribution in [1.82, 2.24) is 4.90 Å². The first-order valence-electron chi connectivity index (χ1n) is 9.77. The maximum absolute atomic E-state index is 13.0. The summed E-state index contributed by atoms with van der Waals surface area (Å²) in [6, 6.07) is 7.16. The van der Waals surface area contributed by atoms with Gasteiger partial charge in [0.25, 0.3) is 10.0 Å². The molecule has 1 N–H and O–H groups in total. The van der Waals surface area contributed by atoms with Gasteiger partial charge in [-0.15, -0.1) is 0 Å². The minimum atomic E-state index is -4.17. The van der Waals surface area contributed by atoms with Crippen LogP contribution in [0.4, 0.5) is 28.9 Å². The molecule has 182 valence electrons. The van der Waals surface area contributed by atoms with E-state index in [2.05, 4.69) is 19.1 Å². The predicted octanol–water partition coefficient (Wildman–Crippen LogP) is 3.45. The second kappa shape index (κ2) is 10.3. The molecule has 0 unspecified atom stereocenters. The second-order valence-corrected chi connectivity index (χ2v) is 8.83. The van der Waals surface area contributed by atoms with Crippen molar-refractivity contribution >= 4 is 21.4 Å². The number of hydrogen-bond acceptors (Lipinski definition) is 7. The lowest BCUT2D eigenvalue weighted by molar-refractivity contribution is -0.0691. The summed E-state index contributed by atoms with van der Waals surface area (Å²) in [6.45, 7) is -3.69. The summed E-state index contributed by atoms with van der Waals surface area (Å²) in [5, 5.41) is 0. The van der Waals surface area contributed by atoms with Crippen LogP contribution in [0.3, 0.4) is 0 Å². The van der Waals surface area contributed by atoms with E-state index in [0.29, 0.717) is 24.5 Å². The van der Waals surface area contributed by atoms with Gasteiger partial charge in [0.2, 0.25) is 0 Å². The Morgan fingerprint density at radius 3 is 2.09 bits per heavy atom. The zero-order valence-electron chi connectivity index (χ0n) is 17.8. The van der Waals surface area contributed by atoms with E-state index < -0.39 is 34.7 Å². The maximum atomic E-state index is 13.0. The Hall–Kier alpha value is -2.93. The van der Waals surface area contributed by atoms with Crippen LogP contribution in [0.1, 0.15) is 0 Å². The summed E-state index contributed by atoms with van der Waals surface area (Å²) in [4.78, 5) is 4.05. The molecule has 33 heavy (non-hydrogen) atoms. The molecule has 1 aliphatic rings. The molecule has 0 aromatic heterocycles. The molecule has 0 saturated carbocycles. The van der Waals surface area contributed by atoms with Crippen LogP contribution in [0, 0.1) is 0 Å². The van der Waals surface area contributed by atoms with Crippen molar-refractivity contribution in [1.29, 1.82) is 0 Å². The second-order valence-electron chi connectivity index (χ2n) is 7.15. The number of alkyl halides is 4. The molecule has 2 aromatic carbocycles. The van der Waals surface area contributed by atoms with Crippen molar-refractivity contribution in [3.63, 3.8) is 0 Å². The third-order valence-electron chi connectivity index (χ3n) is 4.93. The Bertz CT molecular complexity index is 1060. The van der Waals surface area contributed by atoms with Gasteiger partial charge in [-0.25, -0.2) is 8.42 Å². The molecule has 0 radical (unpaired) electrons. The van der Waals surface area contributed by atoms with Gasteiger partial charge in [-0.3, -0.25) is 4.72 Å². The Kier molecular flexibility index (Phi) is 7.74. The molecule has 2 aromatic rings. The van der Waals surface area contributed by atoms with E-state index in [9.17, 15) is 26.0 Å². The number of ether oxygens (including phenoxy) is 3.